The second kappa shape index (κ2) is 8.01. The van der Waals surface area contributed by atoms with Gasteiger partial charge in [-0.05, 0) is 42.5 Å². The Morgan fingerprint density at radius 3 is 2.52 bits per heavy atom. The normalized spacial score (nSPS) is 16.9. The number of aliphatic hydroxyl groups is 1. The van der Waals surface area contributed by atoms with Crippen LogP contribution >= 0.6 is 0 Å². The molecule has 1 aliphatic rings. The van der Waals surface area contributed by atoms with Gasteiger partial charge < -0.3 is 15.4 Å². The van der Waals surface area contributed by atoms with E-state index in [4.69, 9.17) is 5.73 Å². The third-order valence-corrected chi connectivity index (χ3v) is 6.19. The fourth-order valence-electron chi connectivity index (χ4n) is 4.55. The number of nitrogens with two attached hydrogens (primary N) is 1. The monoisotopic (exact) mass is 391 g/mol. The molecule has 3 N–H and O–H groups in total. The van der Waals surface area contributed by atoms with Crippen molar-refractivity contribution in [2.24, 2.45) is 5.73 Å². The van der Waals surface area contributed by atoms with E-state index in [1.165, 1.54) is 10.9 Å². The molecule has 0 bridgehead atoms. The van der Waals surface area contributed by atoms with Crippen molar-refractivity contribution in [3.8, 4) is 0 Å². The molecule has 1 amide bonds. The first-order valence-electron chi connectivity index (χ1n) is 10.3. The Balaban J connectivity index is 1.49. The molecule has 1 saturated heterocycles. The molecule has 29 heavy (non-hydrogen) atoms. The van der Waals surface area contributed by atoms with Crippen LogP contribution in [0.5, 0.6) is 0 Å². The zero-order chi connectivity index (χ0) is 20.4. The number of hydrogen-bond donors (Lipinski definition) is 2. The highest BCUT2D eigenvalue weighted by Gasteiger charge is 2.35. The number of aryl methyl sites for hydroxylation is 2. The zero-order valence-corrected chi connectivity index (χ0v) is 17.0. The third kappa shape index (κ3) is 4.07. The van der Waals surface area contributed by atoms with Gasteiger partial charge in [-0.1, -0.05) is 42.5 Å². The van der Waals surface area contributed by atoms with Crippen molar-refractivity contribution < 1.29 is 9.90 Å². The standard InChI is InChI=1S/C24H29N3O2/c1-18-6-2-4-8-21(18)24(29)11-14-26(15-12-24)16-19-17-27(13-10-23(25)28)22-9-5-3-7-20(19)22/h2-9,17,29H,10-16H2,1H3,(H2,25,28). The summed E-state index contributed by atoms with van der Waals surface area (Å²) in [6.07, 6.45) is 3.96. The molecule has 2 aromatic carbocycles. The number of primary amides is 1. The molecular formula is C24H29N3O2. The maximum atomic E-state index is 11.2. The van der Waals surface area contributed by atoms with Crippen LogP contribution in [0.1, 0.15) is 36.0 Å². The number of likely N-dealkylation sites (tertiary alicyclic amines) is 1. The topological polar surface area (TPSA) is 71.5 Å². The lowest BCUT2D eigenvalue weighted by molar-refractivity contribution is -0.118. The van der Waals surface area contributed by atoms with Crippen LogP contribution in [0.2, 0.25) is 0 Å². The molecule has 0 radical (unpaired) electrons. The van der Waals surface area contributed by atoms with Crippen LogP contribution in [0.3, 0.4) is 0 Å². The van der Waals surface area contributed by atoms with E-state index in [0.717, 1.165) is 49.1 Å². The number of para-hydroxylation sites is 1. The van der Waals surface area contributed by atoms with E-state index in [-0.39, 0.29) is 5.91 Å². The second-order valence-corrected chi connectivity index (χ2v) is 8.20. The molecular weight excluding hydrogens is 362 g/mol. The maximum absolute atomic E-state index is 11.2. The number of hydrogen-bond acceptors (Lipinski definition) is 3. The minimum atomic E-state index is -0.739. The number of amides is 1. The van der Waals surface area contributed by atoms with Crippen LogP contribution in [0, 0.1) is 6.92 Å². The number of piperidine rings is 1. The van der Waals surface area contributed by atoms with Gasteiger partial charge in [0.15, 0.2) is 0 Å². The summed E-state index contributed by atoms with van der Waals surface area (Å²) in [5.41, 5.74) is 9.21. The van der Waals surface area contributed by atoms with Crippen LogP contribution in [0.4, 0.5) is 0 Å². The van der Waals surface area contributed by atoms with Gasteiger partial charge in [-0.3, -0.25) is 9.69 Å². The molecule has 5 heteroatoms. The molecule has 1 fully saturated rings. The van der Waals surface area contributed by atoms with E-state index < -0.39 is 5.60 Å². The quantitative estimate of drug-likeness (QED) is 0.677. The Labute approximate surface area is 171 Å². The lowest BCUT2D eigenvalue weighted by atomic mass is 9.82. The van der Waals surface area contributed by atoms with Crippen LogP contribution in [-0.4, -0.2) is 33.6 Å². The number of aromatic nitrogens is 1. The van der Waals surface area contributed by atoms with Gasteiger partial charge in [-0.15, -0.1) is 0 Å². The predicted octanol–water partition coefficient (Wildman–Crippen LogP) is 3.31. The van der Waals surface area contributed by atoms with Crippen molar-refractivity contribution >= 4 is 16.8 Å². The zero-order valence-electron chi connectivity index (χ0n) is 17.0. The molecule has 2 heterocycles. The Bertz CT molecular complexity index is 1020. The number of benzene rings is 2. The average Bonchev–Trinajstić information content (AvgIpc) is 3.06. The van der Waals surface area contributed by atoms with E-state index in [1.807, 2.05) is 18.2 Å². The van der Waals surface area contributed by atoms with E-state index in [1.54, 1.807) is 0 Å². The Morgan fingerprint density at radius 2 is 1.79 bits per heavy atom. The number of nitrogens with zero attached hydrogens (tertiary/aromatic N) is 2. The Kier molecular flexibility index (Phi) is 5.43. The SMILES string of the molecule is Cc1ccccc1C1(O)CCN(Cc2cn(CCC(N)=O)c3ccccc23)CC1. The highest BCUT2D eigenvalue weighted by atomic mass is 16.3. The minimum Gasteiger partial charge on any atom is -0.385 e. The van der Waals surface area contributed by atoms with Gasteiger partial charge in [0.25, 0.3) is 0 Å². The lowest BCUT2D eigenvalue weighted by Gasteiger charge is -2.39. The Morgan fingerprint density at radius 1 is 1.10 bits per heavy atom. The second-order valence-electron chi connectivity index (χ2n) is 8.20. The molecule has 0 saturated carbocycles. The fourth-order valence-corrected chi connectivity index (χ4v) is 4.55. The number of fused-ring (bicyclic) bond motifs is 1. The highest BCUT2D eigenvalue weighted by Crippen LogP contribution is 2.35. The maximum Gasteiger partial charge on any atom is 0.219 e. The molecule has 0 aliphatic carbocycles. The minimum absolute atomic E-state index is 0.282. The van der Waals surface area contributed by atoms with Gasteiger partial charge >= 0.3 is 0 Å². The fraction of sp³-hybridized carbons (Fsp3) is 0.375. The van der Waals surface area contributed by atoms with Crippen molar-refractivity contribution in [1.82, 2.24) is 9.47 Å². The summed E-state index contributed by atoms with van der Waals surface area (Å²) in [4.78, 5) is 13.6. The Hall–Kier alpha value is -2.63. The molecule has 152 valence electrons. The van der Waals surface area contributed by atoms with Crippen LogP contribution in [0.15, 0.2) is 54.7 Å². The van der Waals surface area contributed by atoms with Crippen LogP contribution in [-0.2, 0) is 23.5 Å². The van der Waals surface area contributed by atoms with E-state index in [2.05, 4.69) is 52.9 Å². The van der Waals surface area contributed by atoms with E-state index >= 15 is 0 Å². The van der Waals surface area contributed by atoms with Crippen molar-refractivity contribution in [2.45, 2.75) is 44.9 Å². The number of rotatable bonds is 6. The van der Waals surface area contributed by atoms with Crippen molar-refractivity contribution in [1.29, 1.82) is 0 Å². The smallest absolute Gasteiger partial charge is 0.219 e. The molecule has 0 unspecified atom stereocenters. The van der Waals surface area contributed by atoms with Crippen LogP contribution < -0.4 is 5.73 Å². The lowest BCUT2D eigenvalue weighted by Crippen LogP contribution is -2.42. The number of carbonyl (C=O) groups is 1. The van der Waals surface area contributed by atoms with Crippen molar-refractivity contribution in [3.63, 3.8) is 0 Å². The largest absolute Gasteiger partial charge is 0.385 e. The summed E-state index contributed by atoms with van der Waals surface area (Å²) < 4.78 is 2.13. The van der Waals surface area contributed by atoms with Gasteiger partial charge in [0.05, 0.1) is 5.60 Å². The summed E-state index contributed by atoms with van der Waals surface area (Å²) in [7, 11) is 0. The summed E-state index contributed by atoms with van der Waals surface area (Å²) in [5, 5.41) is 12.4. The summed E-state index contributed by atoms with van der Waals surface area (Å²) in [6, 6.07) is 16.5. The molecule has 1 aliphatic heterocycles. The summed E-state index contributed by atoms with van der Waals surface area (Å²) >= 11 is 0. The summed E-state index contributed by atoms with van der Waals surface area (Å²) in [5.74, 6) is -0.282. The van der Waals surface area contributed by atoms with Crippen molar-refractivity contribution in [2.75, 3.05) is 13.1 Å². The van der Waals surface area contributed by atoms with E-state index in [9.17, 15) is 9.90 Å². The average molecular weight is 392 g/mol. The molecule has 1 aromatic heterocycles. The molecule has 0 spiro atoms. The molecule has 0 atom stereocenters. The van der Waals surface area contributed by atoms with Gasteiger partial charge in [-0.25, -0.2) is 0 Å². The van der Waals surface area contributed by atoms with Gasteiger partial charge in [0, 0.05) is 49.7 Å². The molecule has 5 nitrogen and oxygen atoms in total. The van der Waals surface area contributed by atoms with Crippen LogP contribution in [0.25, 0.3) is 10.9 Å². The highest BCUT2D eigenvalue weighted by molar-refractivity contribution is 5.84. The first-order valence-corrected chi connectivity index (χ1v) is 10.3. The van der Waals surface area contributed by atoms with Crippen molar-refractivity contribution in [3.05, 3.63) is 71.4 Å². The predicted molar refractivity (Wildman–Crippen MR) is 115 cm³/mol. The van der Waals surface area contributed by atoms with E-state index in [0.29, 0.717) is 13.0 Å². The first-order chi connectivity index (χ1) is 14.0. The molecule has 4 rings (SSSR count). The van der Waals surface area contributed by atoms with Gasteiger partial charge in [0.2, 0.25) is 5.91 Å². The number of carbonyl (C=O) groups excluding carboxylic acids is 1. The first kappa shape index (κ1) is 19.7. The van der Waals surface area contributed by atoms with Gasteiger partial charge in [0.1, 0.15) is 0 Å². The van der Waals surface area contributed by atoms with Gasteiger partial charge in [-0.2, -0.15) is 0 Å². The summed E-state index contributed by atoms with van der Waals surface area (Å²) in [6.45, 7) is 5.22. The molecule has 3 aromatic rings. The third-order valence-electron chi connectivity index (χ3n) is 6.19.